The third kappa shape index (κ3) is 2.69. The molecule has 0 radical (unpaired) electrons. The second-order valence-electron chi connectivity index (χ2n) is 4.39. The molecule has 0 atom stereocenters. The van der Waals surface area contributed by atoms with Gasteiger partial charge in [-0.3, -0.25) is 0 Å². The van der Waals surface area contributed by atoms with Crippen LogP contribution in [0.1, 0.15) is 31.2 Å². The van der Waals surface area contributed by atoms with Crippen molar-refractivity contribution in [3.63, 3.8) is 0 Å². The van der Waals surface area contributed by atoms with E-state index >= 15 is 0 Å². The molecule has 1 fully saturated rings. The Morgan fingerprint density at radius 1 is 1.12 bits per heavy atom. The monoisotopic (exact) mass is 238 g/mol. The Labute approximate surface area is 102 Å². The molecule has 1 heterocycles. The lowest BCUT2D eigenvalue weighted by atomic mass is 10.2. The van der Waals surface area contributed by atoms with E-state index in [1.54, 1.807) is 0 Å². The van der Waals surface area contributed by atoms with Crippen LogP contribution in [0.5, 0.6) is 0 Å². The first-order chi connectivity index (χ1) is 7.81. The highest BCUT2D eigenvalue weighted by atomic mass is 35.5. The maximum atomic E-state index is 6.30. The third-order valence-corrected chi connectivity index (χ3v) is 3.50. The Morgan fingerprint density at radius 2 is 1.81 bits per heavy atom. The van der Waals surface area contributed by atoms with Crippen LogP contribution < -0.4 is 10.6 Å². The Morgan fingerprint density at radius 3 is 2.38 bits per heavy atom. The van der Waals surface area contributed by atoms with E-state index in [1.165, 1.54) is 31.4 Å². The van der Waals surface area contributed by atoms with Gasteiger partial charge in [0, 0.05) is 19.6 Å². The Hall–Kier alpha value is -0.730. The molecule has 2 N–H and O–H groups in total. The van der Waals surface area contributed by atoms with Crippen molar-refractivity contribution in [1.82, 2.24) is 0 Å². The summed E-state index contributed by atoms with van der Waals surface area (Å²) >= 11 is 6.30. The summed E-state index contributed by atoms with van der Waals surface area (Å²) in [6, 6.07) is 6.17. The molecular formula is C13H19ClN2. The van der Waals surface area contributed by atoms with E-state index in [-0.39, 0.29) is 0 Å². The quantitative estimate of drug-likeness (QED) is 0.858. The van der Waals surface area contributed by atoms with Crippen molar-refractivity contribution in [2.45, 2.75) is 32.2 Å². The summed E-state index contributed by atoms with van der Waals surface area (Å²) in [5.41, 5.74) is 7.87. The van der Waals surface area contributed by atoms with Crippen LogP contribution in [0.25, 0.3) is 0 Å². The van der Waals surface area contributed by atoms with Gasteiger partial charge in [-0.2, -0.15) is 0 Å². The van der Waals surface area contributed by atoms with Gasteiger partial charge in [-0.05, 0) is 30.5 Å². The molecule has 0 bridgehead atoms. The Balaban J connectivity index is 2.18. The van der Waals surface area contributed by atoms with E-state index in [0.717, 1.165) is 23.7 Å². The predicted octanol–water partition coefficient (Wildman–Crippen LogP) is 3.18. The molecule has 2 nitrogen and oxygen atoms in total. The molecule has 0 spiro atoms. The van der Waals surface area contributed by atoms with Crippen molar-refractivity contribution in [3.05, 3.63) is 28.8 Å². The maximum Gasteiger partial charge on any atom is 0.0642 e. The number of nitrogens with two attached hydrogens (primary N) is 1. The molecule has 0 unspecified atom stereocenters. The molecule has 1 saturated heterocycles. The molecule has 0 aliphatic carbocycles. The van der Waals surface area contributed by atoms with Crippen molar-refractivity contribution in [1.29, 1.82) is 0 Å². The van der Waals surface area contributed by atoms with Gasteiger partial charge >= 0.3 is 0 Å². The summed E-state index contributed by atoms with van der Waals surface area (Å²) in [7, 11) is 0. The zero-order valence-electron chi connectivity index (χ0n) is 9.58. The van der Waals surface area contributed by atoms with E-state index in [1.807, 2.05) is 6.07 Å². The smallest absolute Gasteiger partial charge is 0.0642 e. The van der Waals surface area contributed by atoms with Crippen molar-refractivity contribution in [3.8, 4) is 0 Å². The van der Waals surface area contributed by atoms with E-state index in [4.69, 9.17) is 17.3 Å². The first-order valence-electron chi connectivity index (χ1n) is 6.04. The molecular weight excluding hydrogens is 220 g/mol. The summed E-state index contributed by atoms with van der Waals surface area (Å²) in [5.74, 6) is 0. The molecule has 1 aromatic carbocycles. The summed E-state index contributed by atoms with van der Waals surface area (Å²) in [5, 5.41) is 0.838. The Kier molecular flexibility index (Phi) is 4.08. The number of anilines is 1. The fourth-order valence-corrected chi connectivity index (χ4v) is 2.57. The zero-order chi connectivity index (χ0) is 11.4. The summed E-state index contributed by atoms with van der Waals surface area (Å²) in [6.07, 6.45) is 5.23. The third-order valence-electron chi connectivity index (χ3n) is 3.19. The van der Waals surface area contributed by atoms with Gasteiger partial charge in [0.25, 0.3) is 0 Å². The normalized spacial score (nSPS) is 17.2. The molecule has 16 heavy (non-hydrogen) atoms. The van der Waals surface area contributed by atoms with Crippen molar-refractivity contribution in [2.24, 2.45) is 5.73 Å². The SMILES string of the molecule is NCc1ccc(N2CCCCCC2)c(Cl)c1. The van der Waals surface area contributed by atoms with Gasteiger partial charge in [-0.1, -0.05) is 30.5 Å². The molecule has 1 aliphatic heterocycles. The average Bonchev–Trinajstić information content (AvgIpc) is 2.57. The number of nitrogens with zero attached hydrogens (tertiary/aromatic N) is 1. The number of halogens is 1. The highest BCUT2D eigenvalue weighted by Crippen LogP contribution is 2.28. The molecule has 0 amide bonds. The minimum Gasteiger partial charge on any atom is -0.370 e. The lowest BCUT2D eigenvalue weighted by Crippen LogP contribution is -2.24. The molecule has 88 valence electrons. The van der Waals surface area contributed by atoms with E-state index in [9.17, 15) is 0 Å². The minimum atomic E-state index is 0.556. The lowest BCUT2D eigenvalue weighted by Gasteiger charge is -2.24. The van der Waals surface area contributed by atoms with Crippen LogP contribution in [-0.2, 0) is 6.54 Å². The minimum absolute atomic E-state index is 0.556. The number of hydrogen-bond acceptors (Lipinski definition) is 2. The molecule has 0 saturated carbocycles. The summed E-state index contributed by atoms with van der Waals surface area (Å²) in [6.45, 7) is 2.81. The maximum absolute atomic E-state index is 6.30. The number of rotatable bonds is 2. The topological polar surface area (TPSA) is 29.3 Å². The van der Waals surface area contributed by atoms with Gasteiger partial charge in [0.05, 0.1) is 10.7 Å². The van der Waals surface area contributed by atoms with Gasteiger partial charge in [-0.15, -0.1) is 0 Å². The first-order valence-corrected chi connectivity index (χ1v) is 6.42. The number of benzene rings is 1. The highest BCUT2D eigenvalue weighted by Gasteiger charge is 2.12. The van der Waals surface area contributed by atoms with Crippen LogP contribution in [0, 0.1) is 0 Å². The van der Waals surface area contributed by atoms with Crippen LogP contribution in [0.15, 0.2) is 18.2 Å². The summed E-state index contributed by atoms with van der Waals surface area (Å²) < 4.78 is 0. The van der Waals surface area contributed by atoms with Gasteiger partial charge in [0.1, 0.15) is 0 Å². The van der Waals surface area contributed by atoms with Crippen molar-refractivity contribution < 1.29 is 0 Å². The highest BCUT2D eigenvalue weighted by molar-refractivity contribution is 6.33. The molecule has 0 aromatic heterocycles. The van der Waals surface area contributed by atoms with E-state index < -0.39 is 0 Å². The van der Waals surface area contributed by atoms with Crippen molar-refractivity contribution >= 4 is 17.3 Å². The zero-order valence-corrected chi connectivity index (χ0v) is 10.3. The van der Waals surface area contributed by atoms with Crippen LogP contribution in [0.2, 0.25) is 5.02 Å². The van der Waals surface area contributed by atoms with Gasteiger partial charge in [0.2, 0.25) is 0 Å². The molecule has 3 heteroatoms. The molecule has 1 aliphatic rings. The molecule has 1 aromatic rings. The standard InChI is InChI=1S/C13H19ClN2/c14-12-9-11(10-15)5-6-13(12)16-7-3-1-2-4-8-16/h5-6,9H,1-4,7-8,10,15H2. The predicted molar refractivity (Wildman–Crippen MR) is 70.0 cm³/mol. The van der Waals surface area contributed by atoms with Gasteiger partial charge < -0.3 is 10.6 Å². The second-order valence-corrected chi connectivity index (χ2v) is 4.80. The summed E-state index contributed by atoms with van der Waals surface area (Å²) in [4.78, 5) is 2.40. The van der Waals surface area contributed by atoms with E-state index in [0.29, 0.717) is 6.54 Å². The van der Waals surface area contributed by atoms with Crippen LogP contribution in [0.3, 0.4) is 0 Å². The van der Waals surface area contributed by atoms with Crippen LogP contribution in [0.4, 0.5) is 5.69 Å². The van der Waals surface area contributed by atoms with E-state index in [2.05, 4.69) is 17.0 Å². The number of hydrogen-bond donors (Lipinski definition) is 1. The van der Waals surface area contributed by atoms with Gasteiger partial charge in [-0.25, -0.2) is 0 Å². The Bertz CT molecular complexity index is 344. The largest absolute Gasteiger partial charge is 0.370 e. The molecule has 2 rings (SSSR count). The lowest BCUT2D eigenvalue weighted by molar-refractivity contribution is 0.726. The second kappa shape index (κ2) is 5.55. The van der Waals surface area contributed by atoms with Crippen LogP contribution in [-0.4, -0.2) is 13.1 Å². The van der Waals surface area contributed by atoms with Crippen LogP contribution >= 0.6 is 11.6 Å². The fourth-order valence-electron chi connectivity index (χ4n) is 2.25. The average molecular weight is 239 g/mol. The fraction of sp³-hybridized carbons (Fsp3) is 0.538. The van der Waals surface area contributed by atoms with Crippen molar-refractivity contribution in [2.75, 3.05) is 18.0 Å². The van der Waals surface area contributed by atoms with Gasteiger partial charge in [0.15, 0.2) is 0 Å². The first kappa shape index (κ1) is 11.7.